The summed E-state index contributed by atoms with van der Waals surface area (Å²) >= 11 is -4.64. The van der Waals surface area contributed by atoms with Gasteiger partial charge in [-0.1, -0.05) is 0 Å². The fourth-order valence-corrected chi connectivity index (χ4v) is 21.8. The molecule has 2 aliphatic carbocycles. The third kappa shape index (κ3) is 2.15. The molecule has 0 heterocycles. The molecule has 6 heteroatoms. The molecule has 0 saturated carbocycles. The summed E-state index contributed by atoms with van der Waals surface area (Å²) < 4.78 is 12.8. The molecule has 0 saturated heterocycles. The molecule has 4 nitrogen and oxygen atoms in total. The molecule has 0 bridgehead atoms. The van der Waals surface area contributed by atoms with Gasteiger partial charge in [-0.25, -0.2) is 0 Å². The number of allylic oxidation sites excluding steroid dienone is 5. The van der Waals surface area contributed by atoms with Crippen molar-refractivity contribution < 1.29 is 31.0 Å². The number of rotatable bonds is 6. The van der Waals surface area contributed by atoms with Crippen LogP contribution in [0.1, 0.15) is 21.8 Å². The van der Waals surface area contributed by atoms with E-state index in [1.54, 1.807) is 0 Å². The van der Waals surface area contributed by atoms with Gasteiger partial charge >= 0.3 is 144 Å². The van der Waals surface area contributed by atoms with Gasteiger partial charge in [-0.05, 0) is 0 Å². The molecular weight excluding hydrogens is 356 g/mol. The molecule has 0 amide bonds. The molecule has 1 unspecified atom stereocenters. The van der Waals surface area contributed by atoms with E-state index in [0.29, 0.717) is 19.4 Å². The Labute approximate surface area is 143 Å². The fourth-order valence-electron chi connectivity index (χ4n) is 4.09. The molecular formula is C18H20O4SiTi. The summed E-state index contributed by atoms with van der Waals surface area (Å²) in [5, 5.41) is 0. The van der Waals surface area contributed by atoms with Gasteiger partial charge in [-0.3, -0.25) is 0 Å². The Morgan fingerprint density at radius 2 is 1.88 bits per heavy atom. The summed E-state index contributed by atoms with van der Waals surface area (Å²) in [5.74, 6) is 0. The van der Waals surface area contributed by atoms with Gasteiger partial charge in [0.1, 0.15) is 0 Å². The first kappa shape index (κ1) is 17.1. The number of benzene rings is 1. The third-order valence-electron chi connectivity index (χ3n) is 5.25. The van der Waals surface area contributed by atoms with Gasteiger partial charge in [-0.2, -0.15) is 0 Å². The van der Waals surface area contributed by atoms with E-state index in [9.17, 15) is 9.59 Å². The zero-order chi connectivity index (χ0) is 17.2. The van der Waals surface area contributed by atoms with Crippen LogP contribution in [0.25, 0.3) is 6.08 Å². The zero-order valence-electron chi connectivity index (χ0n) is 13.8. The second-order valence-corrected chi connectivity index (χ2v) is 23.2. The van der Waals surface area contributed by atoms with E-state index in [2.05, 4.69) is 19.2 Å². The van der Waals surface area contributed by atoms with Crippen LogP contribution in [0.2, 0.25) is 13.1 Å². The first-order chi connectivity index (χ1) is 11.6. The maximum atomic E-state index is 11.6. The van der Waals surface area contributed by atoms with Crippen molar-refractivity contribution in [3.63, 3.8) is 0 Å². The van der Waals surface area contributed by atoms with Crippen LogP contribution in [0.3, 0.4) is 0 Å². The van der Waals surface area contributed by atoms with Crippen LogP contribution in [0.5, 0.6) is 0 Å². The molecule has 0 fully saturated rings. The standard InChI is InChI=1S/C9H7.C5H5.C2H6Si.2CH2O2.Ti/c1-2-5-9-7-3-6-8(9)4-1;1-2-4-5-3-1;1-3-2;2*2-1-3;/h1-7H;1-3H,4H2;1-2H3;2*1H,(H,2,3);/q;;;;;+2/p-2. The van der Waals surface area contributed by atoms with Crippen LogP contribution in [-0.4, -0.2) is 19.1 Å². The summed E-state index contributed by atoms with van der Waals surface area (Å²) in [7, 11) is 0. The molecule has 2 aliphatic rings. The average Bonchev–Trinajstić information content (AvgIpc) is 3.25. The predicted molar refractivity (Wildman–Crippen MR) is 91.8 cm³/mol. The van der Waals surface area contributed by atoms with Crippen molar-refractivity contribution in [1.82, 2.24) is 0 Å². The molecule has 0 aromatic heterocycles. The van der Waals surface area contributed by atoms with Gasteiger partial charge in [0.25, 0.3) is 0 Å². The second kappa shape index (κ2) is 6.32. The summed E-state index contributed by atoms with van der Waals surface area (Å²) in [6, 6.07) is 8.03. The SMILES string of the molecule is C[Si](C)=[Ti]([O]C=O)([O]C=O)([C]1=CC=CC1)[CH]1C=Cc2ccccc21. The average molecular weight is 376 g/mol. The van der Waals surface area contributed by atoms with Crippen molar-refractivity contribution in [3.05, 3.63) is 63.6 Å². The van der Waals surface area contributed by atoms with Crippen molar-refractivity contribution in [3.8, 4) is 0 Å². The monoisotopic (exact) mass is 376 g/mol. The molecule has 0 radical (unpaired) electrons. The van der Waals surface area contributed by atoms with Gasteiger partial charge in [0, 0.05) is 0 Å². The first-order valence-corrected chi connectivity index (χ1v) is 15.7. The van der Waals surface area contributed by atoms with Crippen molar-refractivity contribution >= 4 is 25.2 Å². The van der Waals surface area contributed by atoms with Crippen molar-refractivity contribution in [2.45, 2.75) is 23.7 Å². The quantitative estimate of drug-likeness (QED) is 0.561. The number of carbonyl (C=O) groups is 2. The minimum absolute atomic E-state index is 0.177. The van der Waals surface area contributed by atoms with E-state index in [0.717, 1.165) is 15.0 Å². The normalized spacial score (nSPS) is 18.8. The summed E-state index contributed by atoms with van der Waals surface area (Å²) in [6.45, 7) is 5.16. The fraction of sp³-hybridized carbons (Fsp3) is 0.222. The van der Waals surface area contributed by atoms with Crippen LogP contribution < -0.4 is 0 Å². The van der Waals surface area contributed by atoms with E-state index in [1.165, 1.54) is 0 Å². The number of hydrogen-bond acceptors (Lipinski definition) is 4. The van der Waals surface area contributed by atoms with Crippen molar-refractivity contribution in [2.75, 3.05) is 0 Å². The second-order valence-electron chi connectivity index (χ2n) is 6.36. The summed E-state index contributed by atoms with van der Waals surface area (Å²) in [5.41, 5.74) is 2.18. The molecule has 24 heavy (non-hydrogen) atoms. The van der Waals surface area contributed by atoms with Gasteiger partial charge in [0.2, 0.25) is 0 Å². The van der Waals surface area contributed by atoms with Crippen LogP contribution in [-0.2, 0) is 31.0 Å². The zero-order valence-corrected chi connectivity index (χ0v) is 16.3. The third-order valence-corrected chi connectivity index (χ3v) is 26.4. The Kier molecular flexibility index (Phi) is 4.51. The van der Waals surface area contributed by atoms with E-state index in [4.69, 9.17) is 6.64 Å². The number of carbonyl (C=O) groups excluding carboxylic acids is 2. The number of hydrogen-bond donors (Lipinski definition) is 0. The van der Waals surface area contributed by atoms with Crippen LogP contribution in [0.15, 0.2) is 52.4 Å². The van der Waals surface area contributed by atoms with Crippen LogP contribution in [0, 0.1) is 0 Å². The molecule has 0 spiro atoms. The first-order valence-electron chi connectivity index (χ1n) is 7.93. The van der Waals surface area contributed by atoms with E-state index in [1.807, 2.05) is 48.6 Å². The molecule has 124 valence electrons. The maximum absolute atomic E-state index is 11.6. The Morgan fingerprint density at radius 3 is 2.46 bits per heavy atom. The Bertz CT molecular complexity index is 846. The molecule has 1 atom stereocenters. The van der Waals surface area contributed by atoms with Gasteiger partial charge < -0.3 is 0 Å². The molecule has 1 aromatic rings. The van der Waals surface area contributed by atoms with Gasteiger partial charge in [0.15, 0.2) is 0 Å². The van der Waals surface area contributed by atoms with Gasteiger partial charge in [0.05, 0.1) is 0 Å². The summed E-state index contributed by atoms with van der Waals surface area (Å²) in [6.07, 6.45) is 9.43. The van der Waals surface area contributed by atoms with Gasteiger partial charge in [-0.15, -0.1) is 0 Å². The predicted octanol–water partition coefficient (Wildman–Crippen LogP) is 3.72. The van der Waals surface area contributed by atoms with Crippen LogP contribution in [0.4, 0.5) is 0 Å². The topological polar surface area (TPSA) is 52.6 Å². The van der Waals surface area contributed by atoms with E-state index >= 15 is 0 Å². The van der Waals surface area contributed by atoms with E-state index in [-0.39, 0.29) is 4.22 Å². The Morgan fingerprint density at radius 1 is 1.17 bits per heavy atom. The molecule has 0 N–H and O–H groups in total. The van der Waals surface area contributed by atoms with Crippen LogP contribution >= 0.6 is 0 Å². The van der Waals surface area contributed by atoms with Crippen molar-refractivity contribution in [1.29, 1.82) is 0 Å². The Hall–Kier alpha value is -1.69. The minimum atomic E-state index is -4.64. The molecule has 3 rings (SSSR count). The van der Waals surface area contributed by atoms with Crippen molar-refractivity contribution in [2.24, 2.45) is 0 Å². The number of fused-ring (bicyclic) bond motifs is 1. The molecule has 0 aliphatic heterocycles. The van der Waals surface area contributed by atoms with E-state index < -0.39 is 21.0 Å². The Balaban J connectivity index is 2.40. The molecule has 1 aromatic carbocycles. The summed E-state index contributed by atoms with van der Waals surface area (Å²) in [4.78, 5) is 23.2.